The van der Waals surface area contributed by atoms with Crippen LogP contribution in [-0.4, -0.2) is 17.7 Å². The van der Waals surface area contributed by atoms with E-state index in [0.717, 1.165) is 36.1 Å². The molecule has 2 aromatic rings. The fraction of sp³-hybridized carbons (Fsp3) is 0.278. The van der Waals surface area contributed by atoms with E-state index in [-0.39, 0.29) is 17.6 Å². The first-order valence-corrected chi connectivity index (χ1v) is 7.75. The summed E-state index contributed by atoms with van der Waals surface area (Å²) < 4.78 is 12.9. The molecule has 1 aliphatic heterocycles. The van der Waals surface area contributed by atoms with Gasteiger partial charge in [-0.25, -0.2) is 9.18 Å². The monoisotopic (exact) mass is 314 g/mol. The summed E-state index contributed by atoms with van der Waals surface area (Å²) in [7, 11) is 0. The summed E-state index contributed by atoms with van der Waals surface area (Å²) in [6, 6.07) is 11.0. The number of halogens is 1. The first-order valence-electron chi connectivity index (χ1n) is 7.75. The average Bonchev–Trinajstić information content (AvgIpc) is 2.76. The largest absolute Gasteiger partial charge is 0.508 e. The zero-order valence-electron chi connectivity index (χ0n) is 12.8. The van der Waals surface area contributed by atoms with Gasteiger partial charge in [0.05, 0.1) is 0 Å². The number of carbonyl (C=O) groups excluding carboxylic acids is 1. The Morgan fingerprint density at radius 1 is 1.17 bits per heavy atom. The van der Waals surface area contributed by atoms with Gasteiger partial charge in [0.25, 0.3) is 0 Å². The number of phenols is 1. The predicted octanol–water partition coefficient (Wildman–Crippen LogP) is 3.58. The molecule has 0 atom stereocenters. The van der Waals surface area contributed by atoms with Crippen molar-refractivity contribution in [2.45, 2.75) is 25.8 Å². The molecule has 3 rings (SSSR count). The topological polar surface area (TPSA) is 52.6 Å². The van der Waals surface area contributed by atoms with Crippen LogP contribution in [0.3, 0.4) is 0 Å². The standard InChI is InChI=1S/C18H19FN2O2/c19-15-6-4-13(5-7-15)12-20-18(23)21-10-2-1-3-14-11-16(22)8-9-17(14)21/h4-9,11,22H,1-3,10,12H2,(H,20,23). The molecule has 4 nitrogen and oxygen atoms in total. The van der Waals surface area contributed by atoms with Crippen LogP contribution < -0.4 is 10.2 Å². The van der Waals surface area contributed by atoms with Gasteiger partial charge in [0.15, 0.2) is 0 Å². The number of hydrogen-bond acceptors (Lipinski definition) is 2. The molecule has 1 heterocycles. The van der Waals surface area contributed by atoms with Gasteiger partial charge in [-0.15, -0.1) is 0 Å². The van der Waals surface area contributed by atoms with Gasteiger partial charge in [0, 0.05) is 18.8 Å². The summed E-state index contributed by atoms with van der Waals surface area (Å²) in [5, 5.41) is 12.5. The molecule has 0 aliphatic carbocycles. The Labute approximate surface area is 134 Å². The minimum Gasteiger partial charge on any atom is -0.508 e. The quantitative estimate of drug-likeness (QED) is 0.890. The lowest BCUT2D eigenvalue weighted by molar-refractivity contribution is 0.246. The van der Waals surface area contributed by atoms with Crippen LogP contribution in [0.1, 0.15) is 24.0 Å². The van der Waals surface area contributed by atoms with Crippen molar-refractivity contribution in [1.29, 1.82) is 0 Å². The number of hydrogen-bond donors (Lipinski definition) is 2. The molecule has 0 bridgehead atoms. The molecule has 2 amide bonds. The number of aromatic hydroxyl groups is 1. The van der Waals surface area contributed by atoms with E-state index < -0.39 is 0 Å². The highest BCUT2D eigenvalue weighted by Gasteiger charge is 2.21. The Hall–Kier alpha value is -2.56. The molecule has 2 aromatic carbocycles. The minimum absolute atomic E-state index is 0.178. The van der Waals surface area contributed by atoms with Crippen LogP contribution in [0, 0.1) is 5.82 Å². The van der Waals surface area contributed by atoms with Crippen LogP contribution in [0.2, 0.25) is 0 Å². The smallest absolute Gasteiger partial charge is 0.322 e. The summed E-state index contributed by atoms with van der Waals surface area (Å²) >= 11 is 0. The molecule has 2 N–H and O–H groups in total. The van der Waals surface area contributed by atoms with Crippen molar-refractivity contribution < 1.29 is 14.3 Å². The molecular formula is C18H19FN2O2. The Balaban J connectivity index is 1.73. The molecule has 5 heteroatoms. The van der Waals surface area contributed by atoms with Crippen LogP contribution in [0.4, 0.5) is 14.9 Å². The number of nitrogens with zero attached hydrogens (tertiary/aromatic N) is 1. The predicted molar refractivity (Wildman–Crippen MR) is 87.0 cm³/mol. The second-order valence-electron chi connectivity index (χ2n) is 5.71. The third-order valence-corrected chi connectivity index (χ3v) is 4.03. The Kier molecular flexibility index (Phi) is 4.46. The first kappa shape index (κ1) is 15.3. The maximum atomic E-state index is 12.9. The van der Waals surface area contributed by atoms with E-state index in [4.69, 9.17) is 0 Å². The van der Waals surface area contributed by atoms with Gasteiger partial charge in [-0.05, 0) is 60.7 Å². The van der Waals surface area contributed by atoms with Crippen molar-refractivity contribution in [2.75, 3.05) is 11.4 Å². The fourth-order valence-corrected chi connectivity index (χ4v) is 2.83. The molecule has 0 fully saturated rings. The van der Waals surface area contributed by atoms with E-state index in [1.165, 1.54) is 12.1 Å². The van der Waals surface area contributed by atoms with E-state index in [9.17, 15) is 14.3 Å². The molecule has 0 radical (unpaired) electrons. The number of rotatable bonds is 2. The van der Waals surface area contributed by atoms with Crippen molar-refractivity contribution >= 4 is 11.7 Å². The molecule has 0 saturated heterocycles. The van der Waals surface area contributed by atoms with Gasteiger partial charge in [0.2, 0.25) is 0 Å². The van der Waals surface area contributed by atoms with E-state index in [1.54, 1.807) is 35.2 Å². The zero-order valence-corrected chi connectivity index (χ0v) is 12.8. The number of fused-ring (bicyclic) bond motifs is 1. The SMILES string of the molecule is O=C(NCc1ccc(F)cc1)N1CCCCc2cc(O)ccc21. The maximum absolute atomic E-state index is 12.9. The lowest BCUT2D eigenvalue weighted by Gasteiger charge is -2.23. The molecular weight excluding hydrogens is 295 g/mol. The lowest BCUT2D eigenvalue weighted by Crippen LogP contribution is -2.40. The van der Waals surface area contributed by atoms with Gasteiger partial charge in [0.1, 0.15) is 11.6 Å². The summed E-state index contributed by atoms with van der Waals surface area (Å²) in [4.78, 5) is 14.2. The third kappa shape index (κ3) is 3.62. The summed E-state index contributed by atoms with van der Waals surface area (Å²) in [5.74, 6) is -0.0707. The molecule has 0 saturated carbocycles. The lowest BCUT2D eigenvalue weighted by atomic mass is 10.1. The van der Waals surface area contributed by atoms with Crippen molar-refractivity contribution in [1.82, 2.24) is 5.32 Å². The normalized spacial score (nSPS) is 14.0. The Bertz CT molecular complexity index is 701. The number of amides is 2. The minimum atomic E-state index is -0.290. The Morgan fingerprint density at radius 3 is 2.74 bits per heavy atom. The second kappa shape index (κ2) is 6.69. The van der Waals surface area contributed by atoms with Crippen LogP contribution in [0.15, 0.2) is 42.5 Å². The van der Waals surface area contributed by atoms with Crippen molar-refractivity contribution in [2.24, 2.45) is 0 Å². The first-order chi connectivity index (χ1) is 11.1. The second-order valence-corrected chi connectivity index (χ2v) is 5.71. The number of phenolic OH excluding ortho intramolecular Hbond substituents is 1. The van der Waals surface area contributed by atoms with Crippen molar-refractivity contribution in [3.8, 4) is 5.75 Å². The number of aryl methyl sites for hydroxylation is 1. The van der Waals surface area contributed by atoms with Gasteiger partial charge in [-0.1, -0.05) is 12.1 Å². The Morgan fingerprint density at radius 2 is 1.96 bits per heavy atom. The summed E-state index contributed by atoms with van der Waals surface area (Å²) in [6.07, 6.45) is 2.75. The average molecular weight is 314 g/mol. The van der Waals surface area contributed by atoms with Gasteiger partial charge in [-0.3, -0.25) is 4.90 Å². The fourth-order valence-electron chi connectivity index (χ4n) is 2.83. The number of anilines is 1. The van der Waals surface area contributed by atoms with E-state index >= 15 is 0 Å². The number of benzene rings is 2. The number of urea groups is 1. The summed E-state index contributed by atoms with van der Waals surface area (Å²) in [5.41, 5.74) is 2.68. The molecule has 120 valence electrons. The van der Waals surface area contributed by atoms with E-state index in [1.807, 2.05) is 0 Å². The van der Waals surface area contributed by atoms with Crippen molar-refractivity contribution in [3.63, 3.8) is 0 Å². The maximum Gasteiger partial charge on any atom is 0.322 e. The molecule has 23 heavy (non-hydrogen) atoms. The molecule has 1 aliphatic rings. The number of nitrogens with one attached hydrogen (secondary N) is 1. The highest BCUT2D eigenvalue weighted by atomic mass is 19.1. The molecule has 0 spiro atoms. The van der Waals surface area contributed by atoms with Gasteiger partial charge >= 0.3 is 6.03 Å². The van der Waals surface area contributed by atoms with Crippen LogP contribution in [-0.2, 0) is 13.0 Å². The van der Waals surface area contributed by atoms with E-state index in [0.29, 0.717) is 13.1 Å². The summed E-state index contributed by atoms with van der Waals surface area (Å²) in [6.45, 7) is 0.996. The van der Waals surface area contributed by atoms with Crippen LogP contribution in [0.5, 0.6) is 5.75 Å². The highest BCUT2D eigenvalue weighted by molar-refractivity contribution is 5.93. The van der Waals surface area contributed by atoms with Gasteiger partial charge < -0.3 is 10.4 Å². The number of carbonyl (C=O) groups is 1. The van der Waals surface area contributed by atoms with Crippen molar-refractivity contribution in [3.05, 3.63) is 59.4 Å². The molecule has 0 aromatic heterocycles. The third-order valence-electron chi connectivity index (χ3n) is 4.03. The van der Waals surface area contributed by atoms with Gasteiger partial charge in [-0.2, -0.15) is 0 Å². The zero-order chi connectivity index (χ0) is 16.2. The van der Waals surface area contributed by atoms with E-state index in [2.05, 4.69) is 5.32 Å². The van der Waals surface area contributed by atoms with Crippen LogP contribution >= 0.6 is 0 Å². The molecule has 0 unspecified atom stereocenters. The van der Waals surface area contributed by atoms with Crippen LogP contribution in [0.25, 0.3) is 0 Å². The highest BCUT2D eigenvalue weighted by Crippen LogP contribution is 2.29.